The lowest BCUT2D eigenvalue weighted by Crippen LogP contribution is -2.10. The Morgan fingerprint density at radius 3 is 3.00 bits per heavy atom. The molecule has 0 bridgehead atoms. The quantitative estimate of drug-likeness (QED) is 0.644. The van der Waals surface area contributed by atoms with Gasteiger partial charge in [-0.2, -0.15) is 0 Å². The fourth-order valence-corrected chi connectivity index (χ4v) is 3.51. The van der Waals surface area contributed by atoms with E-state index in [1.54, 1.807) is 11.9 Å². The highest BCUT2D eigenvalue weighted by atomic mass is 32.2. The van der Waals surface area contributed by atoms with E-state index < -0.39 is 10.8 Å². The zero-order valence-electron chi connectivity index (χ0n) is 6.69. The molecule has 1 unspecified atom stereocenters. The summed E-state index contributed by atoms with van der Waals surface area (Å²) in [6.07, 6.45) is 2.00. The number of hydrogen-bond donors (Lipinski definition) is 0. The van der Waals surface area contributed by atoms with Gasteiger partial charge in [-0.1, -0.05) is 24.1 Å². The molecule has 64 valence electrons. The summed E-state index contributed by atoms with van der Waals surface area (Å²) in [5.41, 5.74) is 1.10. The minimum atomic E-state index is -0.823. The van der Waals surface area contributed by atoms with Gasteiger partial charge in [-0.15, -0.1) is 0 Å². The highest BCUT2D eigenvalue weighted by Gasteiger charge is 2.23. The standard InChI is InChI=1S/C8H9NOS2/c1-11-9-6-12(10)8-5-3-2-4-7(8)9/h2-5H,6H2,1H3. The van der Waals surface area contributed by atoms with Crippen LogP contribution in [-0.2, 0) is 10.8 Å². The molecule has 4 heteroatoms. The molecule has 0 amide bonds. The van der Waals surface area contributed by atoms with Crippen LogP contribution < -0.4 is 4.31 Å². The number of hydrogen-bond acceptors (Lipinski definition) is 3. The summed E-state index contributed by atoms with van der Waals surface area (Å²) in [5.74, 6) is 0.626. The largest absolute Gasteiger partial charge is 0.302 e. The third-order valence-electron chi connectivity index (χ3n) is 1.83. The Hall–Kier alpha value is -0.480. The zero-order valence-corrected chi connectivity index (χ0v) is 8.32. The fourth-order valence-electron chi connectivity index (χ4n) is 1.25. The number of nitrogens with zero attached hydrogens (tertiary/aromatic N) is 1. The molecule has 1 aromatic carbocycles. The van der Waals surface area contributed by atoms with Crippen molar-refractivity contribution in [3.8, 4) is 0 Å². The van der Waals surface area contributed by atoms with Crippen molar-refractivity contribution in [2.75, 3.05) is 16.4 Å². The van der Waals surface area contributed by atoms with E-state index in [1.165, 1.54) is 0 Å². The summed E-state index contributed by atoms with van der Waals surface area (Å²) in [5, 5.41) is 0. The van der Waals surface area contributed by atoms with Crippen LogP contribution >= 0.6 is 11.9 Å². The minimum absolute atomic E-state index is 0.626. The fraction of sp³-hybridized carbons (Fsp3) is 0.250. The Bertz CT molecular complexity index is 327. The molecule has 1 heterocycles. The highest BCUT2D eigenvalue weighted by molar-refractivity contribution is 8.01. The molecule has 1 atom stereocenters. The van der Waals surface area contributed by atoms with Gasteiger partial charge in [0.2, 0.25) is 0 Å². The Labute approximate surface area is 78.5 Å². The van der Waals surface area contributed by atoms with Gasteiger partial charge >= 0.3 is 0 Å². The number of rotatable bonds is 1. The molecule has 2 rings (SSSR count). The van der Waals surface area contributed by atoms with Crippen LogP contribution in [0, 0.1) is 0 Å². The number of anilines is 1. The van der Waals surface area contributed by atoms with Crippen molar-refractivity contribution < 1.29 is 4.21 Å². The molecular weight excluding hydrogens is 190 g/mol. The normalized spacial score (nSPS) is 21.1. The molecule has 2 nitrogen and oxygen atoms in total. The lowest BCUT2D eigenvalue weighted by atomic mass is 10.3. The lowest BCUT2D eigenvalue weighted by Gasteiger charge is -2.12. The molecule has 0 N–H and O–H groups in total. The van der Waals surface area contributed by atoms with Crippen LogP contribution in [0.1, 0.15) is 0 Å². The first-order valence-corrected chi connectivity index (χ1v) is 6.12. The van der Waals surface area contributed by atoms with E-state index in [2.05, 4.69) is 4.31 Å². The molecule has 1 aliphatic rings. The van der Waals surface area contributed by atoms with Crippen LogP contribution in [0.15, 0.2) is 29.2 Å². The summed E-state index contributed by atoms with van der Waals surface area (Å²) < 4.78 is 13.6. The molecule has 1 aromatic rings. The van der Waals surface area contributed by atoms with E-state index in [1.807, 2.05) is 30.5 Å². The maximum atomic E-state index is 11.5. The van der Waals surface area contributed by atoms with Crippen LogP contribution in [-0.4, -0.2) is 16.3 Å². The molecule has 0 saturated carbocycles. The molecule has 12 heavy (non-hydrogen) atoms. The van der Waals surface area contributed by atoms with E-state index in [9.17, 15) is 4.21 Å². The Kier molecular flexibility index (Phi) is 2.11. The SMILES string of the molecule is CSN1CS(=O)c2ccccc21. The monoisotopic (exact) mass is 199 g/mol. The Morgan fingerprint density at radius 2 is 2.25 bits per heavy atom. The molecule has 0 aromatic heterocycles. The van der Waals surface area contributed by atoms with Crippen molar-refractivity contribution in [2.24, 2.45) is 0 Å². The average molecular weight is 199 g/mol. The van der Waals surface area contributed by atoms with Gasteiger partial charge in [-0.25, -0.2) is 0 Å². The van der Waals surface area contributed by atoms with Crippen LogP contribution in [0.3, 0.4) is 0 Å². The maximum absolute atomic E-state index is 11.5. The van der Waals surface area contributed by atoms with E-state index in [4.69, 9.17) is 0 Å². The second-order valence-electron chi connectivity index (χ2n) is 2.50. The summed E-state index contributed by atoms with van der Waals surface area (Å²) in [6.45, 7) is 0. The maximum Gasteiger partial charge on any atom is 0.110 e. The summed E-state index contributed by atoms with van der Waals surface area (Å²) in [4.78, 5) is 0.965. The molecule has 1 aliphatic heterocycles. The van der Waals surface area contributed by atoms with Crippen LogP contribution in [0.25, 0.3) is 0 Å². The van der Waals surface area contributed by atoms with Gasteiger partial charge in [0.1, 0.15) is 5.88 Å². The van der Waals surface area contributed by atoms with Gasteiger partial charge in [-0.05, 0) is 12.1 Å². The van der Waals surface area contributed by atoms with Crippen molar-refractivity contribution >= 4 is 28.4 Å². The first-order valence-electron chi connectivity index (χ1n) is 3.62. The highest BCUT2D eigenvalue weighted by Crippen LogP contribution is 2.34. The van der Waals surface area contributed by atoms with Crippen molar-refractivity contribution in [3.63, 3.8) is 0 Å². The Morgan fingerprint density at radius 1 is 1.50 bits per heavy atom. The third kappa shape index (κ3) is 1.15. The van der Waals surface area contributed by atoms with Gasteiger partial charge in [0.05, 0.1) is 21.4 Å². The predicted molar refractivity (Wildman–Crippen MR) is 53.7 cm³/mol. The second kappa shape index (κ2) is 3.11. The summed E-state index contributed by atoms with van der Waals surface area (Å²) >= 11 is 1.62. The number of fused-ring (bicyclic) bond motifs is 1. The first kappa shape index (κ1) is 8.13. The summed E-state index contributed by atoms with van der Waals surface area (Å²) in [6, 6.07) is 7.85. The van der Waals surface area contributed by atoms with Crippen molar-refractivity contribution in [2.45, 2.75) is 4.90 Å². The molecule has 0 aliphatic carbocycles. The predicted octanol–water partition coefficient (Wildman–Crippen LogP) is 1.85. The molecule has 0 fully saturated rings. The molecule has 0 saturated heterocycles. The Balaban J connectivity index is 2.50. The zero-order chi connectivity index (χ0) is 8.55. The topological polar surface area (TPSA) is 20.3 Å². The lowest BCUT2D eigenvalue weighted by molar-refractivity contribution is 0.686. The van der Waals surface area contributed by atoms with Gasteiger partial charge in [0.15, 0.2) is 0 Å². The number of para-hydroxylation sites is 1. The van der Waals surface area contributed by atoms with Gasteiger partial charge in [0, 0.05) is 6.26 Å². The van der Waals surface area contributed by atoms with Crippen molar-refractivity contribution in [3.05, 3.63) is 24.3 Å². The van der Waals surface area contributed by atoms with Crippen molar-refractivity contribution in [1.82, 2.24) is 0 Å². The van der Waals surface area contributed by atoms with Gasteiger partial charge in [0.25, 0.3) is 0 Å². The van der Waals surface area contributed by atoms with E-state index >= 15 is 0 Å². The van der Waals surface area contributed by atoms with E-state index in [0.29, 0.717) is 5.88 Å². The molecular formula is C8H9NOS2. The third-order valence-corrected chi connectivity index (χ3v) is 4.09. The smallest absolute Gasteiger partial charge is 0.110 e. The van der Waals surface area contributed by atoms with Crippen molar-refractivity contribution in [1.29, 1.82) is 0 Å². The first-order chi connectivity index (χ1) is 5.83. The van der Waals surface area contributed by atoms with Gasteiger partial charge < -0.3 is 4.31 Å². The van der Waals surface area contributed by atoms with Crippen LogP contribution in [0.4, 0.5) is 5.69 Å². The van der Waals surface area contributed by atoms with Crippen LogP contribution in [0.5, 0.6) is 0 Å². The van der Waals surface area contributed by atoms with E-state index in [-0.39, 0.29) is 0 Å². The minimum Gasteiger partial charge on any atom is -0.302 e. The summed E-state index contributed by atoms with van der Waals surface area (Å²) in [7, 11) is -0.823. The van der Waals surface area contributed by atoms with E-state index in [0.717, 1.165) is 10.6 Å². The second-order valence-corrected chi connectivity index (χ2v) is 4.70. The van der Waals surface area contributed by atoms with Gasteiger partial charge in [-0.3, -0.25) is 4.21 Å². The number of benzene rings is 1. The van der Waals surface area contributed by atoms with Crippen LogP contribution in [0.2, 0.25) is 0 Å². The molecule has 0 spiro atoms. The average Bonchev–Trinajstić information content (AvgIpc) is 2.44. The molecule has 0 radical (unpaired) electrons.